The maximum atomic E-state index is 6.09. The van der Waals surface area contributed by atoms with Gasteiger partial charge in [0.2, 0.25) is 0 Å². The highest BCUT2D eigenvalue weighted by atomic mass is 35.5. The van der Waals surface area contributed by atoms with Crippen molar-refractivity contribution in [1.29, 1.82) is 0 Å². The van der Waals surface area contributed by atoms with Gasteiger partial charge in [0.05, 0.1) is 0 Å². The second kappa shape index (κ2) is 10.2. The summed E-state index contributed by atoms with van der Waals surface area (Å²) < 4.78 is 5.42. The van der Waals surface area contributed by atoms with Gasteiger partial charge in [0.15, 0.2) is 0 Å². The zero-order valence-corrected chi connectivity index (χ0v) is 12.9. The lowest BCUT2D eigenvalue weighted by molar-refractivity contribution is 0.141. The highest BCUT2D eigenvalue weighted by Crippen LogP contribution is 2.23. The first-order chi connectivity index (χ1) is 9.27. The van der Waals surface area contributed by atoms with E-state index >= 15 is 0 Å². The van der Waals surface area contributed by atoms with Gasteiger partial charge in [0.1, 0.15) is 0 Å². The van der Waals surface area contributed by atoms with Crippen molar-refractivity contribution in [1.82, 2.24) is 5.32 Å². The molecular formula is C16H26ClNO. The molecule has 0 bridgehead atoms. The summed E-state index contributed by atoms with van der Waals surface area (Å²) in [6.45, 7) is 7.97. The lowest BCUT2D eigenvalue weighted by Gasteiger charge is -2.18. The van der Waals surface area contributed by atoms with Crippen LogP contribution in [0.4, 0.5) is 0 Å². The Bertz CT molecular complexity index is 343. The van der Waals surface area contributed by atoms with Crippen LogP contribution < -0.4 is 5.32 Å². The Kier molecular flexibility index (Phi) is 8.89. The summed E-state index contributed by atoms with van der Waals surface area (Å²) in [5, 5.41) is 4.33. The second-order valence-corrected chi connectivity index (χ2v) is 5.23. The van der Waals surface area contributed by atoms with Crippen LogP contribution in [0.15, 0.2) is 24.3 Å². The largest absolute Gasteiger partial charge is 0.382 e. The van der Waals surface area contributed by atoms with Crippen LogP contribution in [0, 0.1) is 0 Å². The fourth-order valence-corrected chi connectivity index (χ4v) is 2.38. The summed E-state index contributed by atoms with van der Waals surface area (Å²) >= 11 is 6.09. The van der Waals surface area contributed by atoms with E-state index in [-0.39, 0.29) is 0 Å². The van der Waals surface area contributed by atoms with Crippen molar-refractivity contribution in [3.05, 3.63) is 34.9 Å². The maximum Gasteiger partial charge on any atom is 0.0466 e. The predicted molar refractivity (Wildman–Crippen MR) is 83.1 cm³/mol. The van der Waals surface area contributed by atoms with Crippen LogP contribution in [0.2, 0.25) is 5.02 Å². The fourth-order valence-electron chi connectivity index (χ4n) is 2.18. The molecule has 0 aromatic heterocycles. The highest BCUT2D eigenvalue weighted by Gasteiger charge is 2.11. The van der Waals surface area contributed by atoms with Gasteiger partial charge < -0.3 is 10.1 Å². The lowest BCUT2D eigenvalue weighted by Crippen LogP contribution is -2.22. The standard InChI is InChI=1S/C16H26ClNO/c1-3-10-18-13-15(8-6-11-19-4-2)14-7-5-9-16(17)12-14/h5,7,9,12,15,18H,3-4,6,8,10-11,13H2,1-2H3. The molecule has 0 amide bonds. The van der Waals surface area contributed by atoms with Crippen LogP contribution in [-0.4, -0.2) is 26.3 Å². The summed E-state index contributed by atoms with van der Waals surface area (Å²) in [5.41, 5.74) is 1.33. The van der Waals surface area contributed by atoms with E-state index in [2.05, 4.69) is 24.4 Å². The molecule has 19 heavy (non-hydrogen) atoms. The molecule has 108 valence electrons. The maximum absolute atomic E-state index is 6.09. The van der Waals surface area contributed by atoms with Crippen molar-refractivity contribution >= 4 is 11.6 Å². The Morgan fingerprint density at radius 1 is 1.32 bits per heavy atom. The van der Waals surface area contributed by atoms with Gasteiger partial charge in [-0.25, -0.2) is 0 Å². The first kappa shape index (κ1) is 16.5. The minimum atomic E-state index is 0.519. The average Bonchev–Trinajstić information content (AvgIpc) is 2.41. The van der Waals surface area contributed by atoms with Crippen LogP contribution >= 0.6 is 11.6 Å². The van der Waals surface area contributed by atoms with Gasteiger partial charge in [-0.05, 0) is 56.3 Å². The third-order valence-corrected chi connectivity index (χ3v) is 3.42. The van der Waals surface area contributed by atoms with E-state index in [1.165, 1.54) is 12.0 Å². The third-order valence-electron chi connectivity index (χ3n) is 3.18. The molecule has 0 aliphatic heterocycles. The van der Waals surface area contributed by atoms with E-state index in [4.69, 9.17) is 16.3 Å². The summed E-state index contributed by atoms with van der Waals surface area (Å²) in [5.74, 6) is 0.519. The monoisotopic (exact) mass is 283 g/mol. The average molecular weight is 284 g/mol. The molecular weight excluding hydrogens is 258 g/mol. The van der Waals surface area contributed by atoms with Gasteiger partial charge in [-0.1, -0.05) is 30.7 Å². The van der Waals surface area contributed by atoms with E-state index in [0.717, 1.165) is 44.2 Å². The molecule has 0 spiro atoms. The normalized spacial score (nSPS) is 12.6. The molecule has 0 saturated carbocycles. The number of rotatable bonds is 10. The topological polar surface area (TPSA) is 21.3 Å². The molecule has 0 heterocycles. The van der Waals surface area contributed by atoms with E-state index in [9.17, 15) is 0 Å². The molecule has 0 aliphatic carbocycles. The number of nitrogens with one attached hydrogen (secondary N) is 1. The van der Waals surface area contributed by atoms with Crippen LogP contribution in [0.25, 0.3) is 0 Å². The first-order valence-electron chi connectivity index (χ1n) is 7.31. The zero-order valence-electron chi connectivity index (χ0n) is 12.1. The Hall–Kier alpha value is -0.570. The van der Waals surface area contributed by atoms with Gasteiger partial charge >= 0.3 is 0 Å². The molecule has 3 heteroatoms. The lowest BCUT2D eigenvalue weighted by atomic mass is 9.94. The van der Waals surface area contributed by atoms with Crippen molar-refractivity contribution in [3.63, 3.8) is 0 Å². The van der Waals surface area contributed by atoms with Crippen molar-refractivity contribution in [2.45, 2.75) is 39.0 Å². The molecule has 1 unspecified atom stereocenters. The van der Waals surface area contributed by atoms with Crippen LogP contribution in [0.1, 0.15) is 44.6 Å². The zero-order chi connectivity index (χ0) is 13.9. The quantitative estimate of drug-likeness (QED) is 0.649. The molecule has 1 aromatic rings. The molecule has 0 fully saturated rings. The Morgan fingerprint density at radius 3 is 2.84 bits per heavy atom. The number of hydrogen-bond donors (Lipinski definition) is 1. The van der Waals surface area contributed by atoms with Gasteiger partial charge in [0.25, 0.3) is 0 Å². The van der Waals surface area contributed by atoms with Crippen molar-refractivity contribution in [2.24, 2.45) is 0 Å². The fraction of sp³-hybridized carbons (Fsp3) is 0.625. The predicted octanol–water partition coefficient (Wildman–Crippen LogP) is 4.24. The van der Waals surface area contributed by atoms with Gasteiger partial charge in [0, 0.05) is 24.8 Å². The molecule has 1 atom stereocenters. The Labute approximate surface area is 122 Å². The van der Waals surface area contributed by atoms with Crippen LogP contribution in [-0.2, 0) is 4.74 Å². The molecule has 0 radical (unpaired) electrons. The SMILES string of the molecule is CCCNCC(CCCOCC)c1cccc(Cl)c1. The third kappa shape index (κ3) is 6.95. The molecule has 2 nitrogen and oxygen atoms in total. The Morgan fingerprint density at radius 2 is 2.16 bits per heavy atom. The van der Waals surface area contributed by atoms with Crippen molar-refractivity contribution < 1.29 is 4.74 Å². The van der Waals surface area contributed by atoms with Gasteiger partial charge in [-0.15, -0.1) is 0 Å². The molecule has 1 rings (SSSR count). The van der Waals surface area contributed by atoms with Gasteiger partial charge in [-0.2, -0.15) is 0 Å². The summed E-state index contributed by atoms with van der Waals surface area (Å²) in [6, 6.07) is 8.22. The molecule has 1 N–H and O–H groups in total. The number of benzene rings is 1. The minimum Gasteiger partial charge on any atom is -0.382 e. The van der Waals surface area contributed by atoms with E-state index in [1.54, 1.807) is 0 Å². The van der Waals surface area contributed by atoms with Crippen molar-refractivity contribution in [2.75, 3.05) is 26.3 Å². The number of hydrogen-bond acceptors (Lipinski definition) is 2. The number of ether oxygens (including phenoxy) is 1. The summed E-state index contributed by atoms with van der Waals surface area (Å²) in [4.78, 5) is 0. The highest BCUT2D eigenvalue weighted by molar-refractivity contribution is 6.30. The molecule has 0 aliphatic rings. The smallest absolute Gasteiger partial charge is 0.0466 e. The van der Waals surface area contributed by atoms with E-state index in [0.29, 0.717) is 5.92 Å². The van der Waals surface area contributed by atoms with Crippen LogP contribution in [0.5, 0.6) is 0 Å². The summed E-state index contributed by atoms with van der Waals surface area (Å²) in [6.07, 6.45) is 3.40. The first-order valence-corrected chi connectivity index (χ1v) is 7.69. The van der Waals surface area contributed by atoms with Gasteiger partial charge in [-0.3, -0.25) is 0 Å². The van der Waals surface area contributed by atoms with E-state index in [1.807, 2.05) is 19.1 Å². The van der Waals surface area contributed by atoms with Crippen LogP contribution in [0.3, 0.4) is 0 Å². The number of halogens is 1. The molecule has 1 aromatic carbocycles. The second-order valence-electron chi connectivity index (χ2n) is 4.80. The molecule has 0 saturated heterocycles. The summed E-state index contributed by atoms with van der Waals surface area (Å²) in [7, 11) is 0. The minimum absolute atomic E-state index is 0.519. The van der Waals surface area contributed by atoms with E-state index < -0.39 is 0 Å². The van der Waals surface area contributed by atoms with Crippen molar-refractivity contribution in [3.8, 4) is 0 Å². The Balaban J connectivity index is 2.52.